The zero-order chi connectivity index (χ0) is 45.1. The van der Waals surface area contributed by atoms with Crippen LogP contribution in [-0.4, -0.2) is 4.57 Å². The molecular formula is C62H62N2. The molecule has 0 N–H and O–H groups in total. The van der Waals surface area contributed by atoms with Gasteiger partial charge in [0.25, 0.3) is 0 Å². The molecule has 10 aromatic rings. The molecule has 0 aliphatic heterocycles. The number of fused-ring (bicyclic) bond motifs is 3. The Morgan fingerprint density at radius 1 is 0.328 bits per heavy atom. The molecular weight excluding hydrogens is 773 g/mol. The van der Waals surface area contributed by atoms with E-state index in [9.17, 15) is 0 Å². The Kier molecular flexibility index (Phi) is 9.48. The standard InChI is InChI=1S/C62H62N2/c1-59(2,3)43-21-13-39(14-22-43)40-15-27-47(28-16-40)63(48-29-23-44(24-30-48)60(4,5)6)53-33-19-41-18-32-50-54(34-20-42-17-31-49(53)57(41)58(42)50)64-55-35-25-45(61(7,8)9)37-51(55)52-38-46(62(10,11)12)26-36-56(52)64/h13-38H,1-12H3. The summed E-state index contributed by atoms with van der Waals surface area (Å²) in [5, 5.41) is 10.2. The summed E-state index contributed by atoms with van der Waals surface area (Å²) in [5.41, 5.74) is 15.2. The van der Waals surface area contributed by atoms with E-state index in [2.05, 4.69) is 250 Å². The van der Waals surface area contributed by atoms with E-state index in [1.807, 2.05) is 0 Å². The van der Waals surface area contributed by atoms with Crippen molar-refractivity contribution in [2.45, 2.75) is 105 Å². The van der Waals surface area contributed by atoms with E-state index >= 15 is 0 Å². The van der Waals surface area contributed by atoms with Crippen molar-refractivity contribution in [3.05, 3.63) is 180 Å². The highest BCUT2D eigenvalue weighted by atomic mass is 15.1. The normalized spacial score (nSPS) is 13.0. The topological polar surface area (TPSA) is 8.17 Å². The summed E-state index contributed by atoms with van der Waals surface area (Å²) in [6.07, 6.45) is 0. The Balaban J connectivity index is 1.18. The van der Waals surface area contributed by atoms with E-state index in [0.29, 0.717) is 0 Å². The minimum Gasteiger partial charge on any atom is -0.310 e. The second kappa shape index (κ2) is 14.6. The van der Waals surface area contributed by atoms with Crippen molar-refractivity contribution in [2.75, 3.05) is 4.90 Å². The lowest BCUT2D eigenvalue weighted by Crippen LogP contribution is -2.13. The molecule has 64 heavy (non-hydrogen) atoms. The number of rotatable bonds is 5. The average molecular weight is 835 g/mol. The lowest BCUT2D eigenvalue weighted by molar-refractivity contribution is 0.590. The maximum Gasteiger partial charge on any atom is 0.0541 e. The van der Waals surface area contributed by atoms with E-state index in [1.54, 1.807) is 0 Å². The minimum atomic E-state index is 0.0396. The summed E-state index contributed by atoms with van der Waals surface area (Å²) in [5.74, 6) is 0. The highest BCUT2D eigenvalue weighted by molar-refractivity contribution is 6.27. The summed E-state index contributed by atoms with van der Waals surface area (Å²) in [7, 11) is 0. The lowest BCUT2D eigenvalue weighted by Gasteiger charge is -2.29. The van der Waals surface area contributed by atoms with Crippen LogP contribution in [0.2, 0.25) is 0 Å². The van der Waals surface area contributed by atoms with Crippen molar-refractivity contribution in [3.63, 3.8) is 0 Å². The molecule has 0 fully saturated rings. The summed E-state index contributed by atoms with van der Waals surface area (Å²) in [6.45, 7) is 27.5. The van der Waals surface area contributed by atoms with Crippen LogP contribution < -0.4 is 4.90 Å². The molecule has 0 unspecified atom stereocenters. The van der Waals surface area contributed by atoms with Gasteiger partial charge in [0.2, 0.25) is 0 Å². The van der Waals surface area contributed by atoms with Crippen LogP contribution in [0.3, 0.4) is 0 Å². The van der Waals surface area contributed by atoms with Gasteiger partial charge in [0.15, 0.2) is 0 Å². The molecule has 0 saturated heterocycles. The highest BCUT2D eigenvalue weighted by Crippen LogP contribution is 2.47. The Morgan fingerprint density at radius 2 is 0.703 bits per heavy atom. The van der Waals surface area contributed by atoms with Gasteiger partial charge in [0.1, 0.15) is 0 Å². The van der Waals surface area contributed by atoms with Gasteiger partial charge in [-0.05, 0) is 137 Å². The van der Waals surface area contributed by atoms with E-state index < -0.39 is 0 Å². The highest BCUT2D eigenvalue weighted by Gasteiger charge is 2.25. The van der Waals surface area contributed by atoms with E-state index in [1.165, 1.54) is 98.9 Å². The summed E-state index contributed by atoms with van der Waals surface area (Å²) < 4.78 is 2.53. The van der Waals surface area contributed by atoms with Crippen molar-refractivity contribution >= 4 is 71.2 Å². The Morgan fingerprint density at radius 3 is 1.19 bits per heavy atom. The average Bonchev–Trinajstić information content (AvgIpc) is 3.58. The number of aromatic nitrogens is 1. The van der Waals surface area contributed by atoms with Gasteiger partial charge < -0.3 is 9.47 Å². The first-order valence-corrected chi connectivity index (χ1v) is 23.2. The summed E-state index contributed by atoms with van der Waals surface area (Å²) >= 11 is 0. The van der Waals surface area contributed by atoms with Crippen molar-refractivity contribution in [1.29, 1.82) is 0 Å². The second-order valence-corrected chi connectivity index (χ2v) is 22.4. The van der Waals surface area contributed by atoms with Crippen LogP contribution in [0.5, 0.6) is 0 Å². The van der Waals surface area contributed by atoms with E-state index in [-0.39, 0.29) is 21.7 Å². The molecule has 0 spiro atoms. The zero-order valence-electron chi connectivity index (χ0n) is 39.9. The molecule has 1 heterocycles. The molecule has 0 saturated carbocycles. The van der Waals surface area contributed by atoms with Crippen LogP contribution in [0.25, 0.3) is 70.9 Å². The third-order valence-electron chi connectivity index (χ3n) is 13.8. The van der Waals surface area contributed by atoms with Gasteiger partial charge in [-0.1, -0.05) is 180 Å². The van der Waals surface area contributed by atoms with Gasteiger partial charge in [-0.15, -0.1) is 0 Å². The van der Waals surface area contributed by atoms with E-state index in [0.717, 1.165) is 11.4 Å². The van der Waals surface area contributed by atoms with Gasteiger partial charge in [0, 0.05) is 32.9 Å². The summed E-state index contributed by atoms with van der Waals surface area (Å²) in [6, 6.07) is 60.4. The van der Waals surface area contributed by atoms with Crippen LogP contribution in [0, 0.1) is 0 Å². The van der Waals surface area contributed by atoms with Crippen LogP contribution in [-0.2, 0) is 21.7 Å². The predicted molar refractivity (Wildman–Crippen MR) is 279 cm³/mol. The Labute approximate surface area is 380 Å². The smallest absolute Gasteiger partial charge is 0.0541 e. The van der Waals surface area contributed by atoms with Crippen molar-refractivity contribution in [3.8, 4) is 16.8 Å². The number of hydrogen-bond acceptors (Lipinski definition) is 1. The molecule has 2 heteroatoms. The number of anilines is 3. The fourth-order valence-electron chi connectivity index (χ4n) is 9.88. The van der Waals surface area contributed by atoms with E-state index in [4.69, 9.17) is 0 Å². The van der Waals surface area contributed by atoms with Crippen molar-refractivity contribution in [1.82, 2.24) is 4.57 Å². The fraction of sp³-hybridized carbons (Fsp3) is 0.258. The Bertz CT molecular complexity index is 3300. The Hall–Kier alpha value is -6.38. The minimum absolute atomic E-state index is 0.0396. The monoisotopic (exact) mass is 834 g/mol. The largest absolute Gasteiger partial charge is 0.310 e. The van der Waals surface area contributed by atoms with Crippen molar-refractivity contribution in [2.24, 2.45) is 0 Å². The molecule has 320 valence electrons. The molecule has 0 aliphatic carbocycles. The third kappa shape index (κ3) is 7.03. The van der Waals surface area contributed by atoms with Gasteiger partial charge in [-0.3, -0.25) is 0 Å². The second-order valence-electron chi connectivity index (χ2n) is 22.4. The molecule has 10 rings (SSSR count). The number of nitrogens with zero attached hydrogens (tertiary/aromatic N) is 2. The first kappa shape index (κ1) is 41.6. The maximum atomic E-state index is 2.53. The molecule has 2 nitrogen and oxygen atoms in total. The summed E-state index contributed by atoms with van der Waals surface area (Å²) in [4.78, 5) is 2.46. The van der Waals surface area contributed by atoms with Gasteiger partial charge in [-0.2, -0.15) is 0 Å². The van der Waals surface area contributed by atoms with Crippen LogP contribution in [0.4, 0.5) is 17.1 Å². The lowest BCUT2D eigenvalue weighted by atomic mass is 9.85. The first-order valence-electron chi connectivity index (χ1n) is 23.2. The first-order chi connectivity index (χ1) is 30.3. The fourth-order valence-corrected chi connectivity index (χ4v) is 9.88. The van der Waals surface area contributed by atoms with Gasteiger partial charge in [-0.25, -0.2) is 0 Å². The SMILES string of the molecule is CC(C)(C)c1ccc(-c2ccc(N(c3ccc(C(C)(C)C)cc3)c3ccc4ccc5c(-n6c7ccc(C(C)(C)C)cc7c7cc(C(C)(C)C)ccc76)ccc6ccc3c4c65)cc2)cc1. The maximum absolute atomic E-state index is 2.53. The van der Waals surface area contributed by atoms with Gasteiger partial charge in [0.05, 0.1) is 22.4 Å². The number of hydrogen-bond donors (Lipinski definition) is 0. The van der Waals surface area contributed by atoms with Crippen LogP contribution in [0.15, 0.2) is 158 Å². The van der Waals surface area contributed by atoms with Gasteiger partial charge >= 0.3 is 0 Å². The quantitative estimate of drug-likeness (QED) is 0.157. The van der Waals surface area contributed by atoms with Crippen LogP contribution >= 0.6 is 0 Å². The van der Waals surface area contributed by atoms with Crippen LogP contribution in [0.1, 0.15) is 105 Å². The third-order valence-corrected chi connectivity index (χ3v) is 13.8. The molecule has 0 amide bonds. The predicted octanol–water partition coefficient (Wildman–Crippen LogP) is 18.0. The van der Waals surface area contributed by atoms with Crippen molar-refractivity contribution < 1.29 is 0 Å². The molecule has 0 bridgehead atoms. The molecule has 9 aromatic carbocycles. The molecule has 0 radical (unpaired) electrons. The molecule has 0 atom stereocenters. The number of benzene rings is 9. The molecule has 1 aromatic heterocycles. The zero-order valence-corrected chi connectivity index (χ0v) is 39.9. The molecule has 0 aliphatic rings.